The van der Waals surface area contributed by atoms with Gasteiger partial charge in [0.15, 0.2) is 0 Å². The fourth-order valence-corrected chi connectivity index (χ4v) is 5.81. The minimum Gasteiger partial charge on any atom is -0.254 e. The van der Waals surface area contributed by atoms with E-state index in [4.69, 9.17) is 15.0 Å². The molecule has 3 heterocycles. The van der Waals surface area contributed by atoms with Crippen molar-refractivity contribution in [1.82, 2.24) is 15.0 Å². The molecule has 0 radical (unpaired) electrons. The lowest BCUT2D eigenvalue weighted by Gasteiger charge is -2.15. The zero-order valence-corrected chi connectivity index (χ0v) is 20.5. The quantitative estimate of drug-likeness (QED) is 0.230. The van der Waals surface area contributed by atoms with Gasteiger partial charge in [0.05, 0.1) is 22.6 Å². The van der Waals surface area contributed by atoms with Crippen LogP contribution in [-0.2, 0) is 0 Å². The topological polar surface area (TPSA) is 38.7 Å². The molecule has 8 rings (SSSR count). The number of hydrogen-bond acceptors (Lipinski definition) is 3. The van der Waals surface area contributed by atoms with Crippen molar-refractivity contribution in [2.24, 2.45) is 0 Å². The van der Waals surface area contributed by atoms with Crippen LogP contribution in [-0.4, -0.2) is 15.0 Å². The second kappa shape index (κ2) is 8.19. The molecule has 0 aliphatic rings. The van der Waals surface area contributed by atoms with E-state index in [2.05, 4.69) is 109 Å². The molecule has 0 atom stereocenters. The van der Waals surface area contributed by atoms with Crippen LogP contribution in [0.15, 0.2) is 128 Å². The normalized spacial score (nSPS) is 11.7. The van der Waals surface area contributed by atoms with Crippen molar-refractivity contribution in [3.63, 3.8) is 0 Å². The molecule has 0 saturated heterocycles. The Kier molecular flexibility index (Phi) is 4.52. The first-order valence-electron chi connectivity index (χ1n) is 12.8. The van der Waals surface area contributed by atoms with Crippen LogP contribution in [0.5, 0.6) is 0 Å². The molecule has 0 spiro atoms. The van der Waals surface area contributed by atoms with Crippen molar-refractivity contribution in [3.05, 3.63) is 128 Å². The van der Waals surface area contributed by atoms with Crippen LogP contribution in [0.1, 0.15) is 0 Å². The van der Waals surface area contributed by atoms with Gasteiger partial charge in [-0.1, -0.05) is 103 Å². The van der Waals surface area contributed by atoms with Gasteiger partial charge in [-0.05, 0) is 33.7 Å². The molecule has 0 amide bonds. The van der Waals surface area contributed by atoms with E-state index in [1.54, 1.807) is 0 Å². The molecule has 0 unspecified atom stereocenters. The van der Waals surface area contributed by atoms with Crippen molar-refractivity contribution in [1.29, 1.82) is 0 Å². The fraction of sp³-hybridized carbons (Fsp3) is 0. The van der Waals surface area contributed by atoms with Gasteiger partial charge in [0.25, 0.3) is 0 Å². The molecule has 0 saturated carbocycles. The molecule has 3 heteroatoms. The maximum absolute atomic E-state index is 5.23. The highest BCUT2D eigenvalue weighted by Crippen LogP contribution is 2.40. The summed E-state index contributed by atoms with van der Waals surface area (Å²) >= 11 is 0. The maximum atomic E-state index is 5.23. The number of hydrogen-bond donors (Lipinski definition) is 0. The highest BCUT2D eigenvalue weighted by molar-refractivity contribution is 6.23. The lowest BCUT2D eigenvalue weighted by Crippen LogP contribution is -1.96. The van der Waals surface area contributed by atoms with E-state index in [1.807, 2.05) is 18.5 Å². The summed E-state index contributed by atoms with van der Waals surface area (Å²) in [4.78, 5) is 15.1. The first-order valence-corrected chi connectivity index (χ1v) is 12.8. The van der Waals surface area contributed by atoms with Gasteiger partial charge in [-0.3, -0.25) is 9.97 Å². The lowest BCUT2D eigenvalue weighted by atomic mass is 9.93. The van der Waals surface area contributed by atoms with Crippen LogP contribution in [0.3, 0.4) is 0 Å². The summed E-state index contributed by atoms with van der Waals surface area (Å²) in [6, 6.07) is 40.3. The first-order chi connectivity index (χ1) is 18.9. The second-order valence-electron chi connectivity index (χ2n) is 9.63. The monoisotopic (exact) mass is 483 g/mol. The fourth-order valence-electron chi connectivity index (χ4n) is 5.81. The minimum atomic E-state index is 0.886. The van der Waals surface area contributed by atoms with Gasteiger partial charge in [-0.25, -0.2) is 4.98 Å². The Morgan fingerprint density at radius 3 is 1.87 bits per heavy atom. The zero-order valence-electron chi connectivity index (χ0n) is 20.5. The van der Waals surface area contributed by atoms with Gasteiger partial charge in [-0.2, -0.15) is 0 Å². The van der Waals surface area contributed by atoms with Gasteiger partial charge >= 0.3 is 0 Å². The van der Waals surface area contributed by atoms with Crippen molar-refractivity contribution in [2.45, 2.75) is 0 Å². The third kappa shape index (κ3) is 3.06. The number of rotatable bonds is 2. The standard InChI is InChI=1S/C35H21N3/c1-3-11-24-22(9-1)17-18-29-32(24)28-15-7-8-16-31(28)38-33(29)30-21-37-35(27-14-6-5-13-26(27)30)34-25-12-4-2-10-23(25)19-20-36-34/h1-21H. The summed E-state index contributed by atoms with van der Waals surface area (Å²) in [6.07, 6.45) is 3.85. The molecule has 5 aromatic carbocycles. The highest BCUT2D eigenvalue weighted by atomic mass is 14.8. The molecule has 0 fully saturated rings. The van der Waals surface area contributed by atoms with E-state index in [-0.39, 0.29) is 0 Å². The van der Waals surface area contributed by atoms with Crippen molar-refractivity contribution in [2.75, 3.05) is 0 Å². The number of fused-ring (bicyclic) bond motifs is 7. The summed E-state index contributed by atoms with van der Waals surface area (Å²) in [6.45, 7) is 0. The van der Waals surface area contributed by atoms with Crippen LogP contribution < -0.4 is 0 Å². The Bertz CT molecular complexity index is 2180. The molecule has 38 heavy (non-hydrogen) atoms. The summed E-state index contributed by atoms with van der Waals surface area (Å²) in [5.74, 6) is 0. The van der Waals surface area contributed by atoms with Crippen molar-refractivity contribution < 1.29 is 0 Å². The summed E-state index contributed by atoms with van der Waals surface area (Å²) in [5, 5.41) is 10.4. The third-order valence-corrected chi connectivity index (χ3v) is 7.54. The molecule has 176 valence electrons. The first kappa shape index (κ1) is 21.0. The number of pyridine rings is 3. The second-order valence-corrected chi connectivity index (χ2v) is 9.63. The maximum Gasteiger partial charge on any atom is 0.0971 e. The zero-order chi connectivity index (χ0) is 25.1. The smallest absolute Gasteiger partial charge is 0.0971 e. The van der Waals surface area contributed by atoms with Crippen molar-refractivity contribution >= 4 is 54.0 Å². The Hall–Kier alpha value is -5.15. The number of benzene rings is 5. The van der Waals surface area contributed by atoms with Gasteiger partial charge < -0.3 is 0 Å². The van der Waals surface area contributed by atoms with E-state index in [1.165, 1.54) is 16.2 Å². The Morgan fingerprint density at radius 2 is 1.03 bits per heavy atom. The van der Waals surface area contributed by atoms with Crippen LogP contribution in [0.25, 0.3) is 76.6 Å². The van der Waals surface area contributed by atoms with Crippen LogP contribution >= 0.6 is 0 Å². The Morgan fingerprint density at radius 1 is 0.395 bits per heavy atom. The number of aromatic nitrogens is 3. The average Bonchev–Trinajstić information content (AvgIpc) is 2.99. The van der Waals surface area contributed by atoms with E-state index in [0.29, 0.717) is 0 Å². The SMILES string of the molecule is c1ccc2c(-c3ncc(-c4nc5ccccc5c5c4ccc4ccccc45)c4ccccc34)nccc2c1. The third-order valence-electron chi connectivity index (χ3n) is 7.54. The van der Waals surface area contributed by atoms with Gasteiger partial charge in [0.1, 0.15) is 0 Å². The van der Waals surface area contributed by atoms with Gasteiger partial charge in [0.2, 0.25) is 0 Å². The molecule has 3 nitrogen and oxygen atoms in total. The molecule has 0 aliphatic heterocycles. The van der Waals surface area contributed by atoms with E-state index in [9.17, 15) is 0 Å². The van der Waals surface area contributed by atoms with E-state index >= 15 is 0 Å². The minimum absolute atomic E-state index is 0.886. The summed E-state index contributed by atoms with van der Waals surface area (Å²) in [7, 11) is 0. The summed E-state index contributed by atoms with van der Waals surface area (Å²) < 4.78 is 0. The molecular formula is C35H21N3. The largest absolute Gasteiger partial charge is 0.254 e. The van der Waals surface area contributed by atoms with Gasteiger partial charge in [0, 0.05) is 44.9 Å². The molecule has 8 aromatic rings. The molecule has 0 N–H and O–H groups in total. The predicted octanol–water partition coefficient (Wildman–Crippen LogP) is 8.97. The Labute approximate surface area is 219 Å². The number of nitrogens with zero attached hydrogens (tertiary/aromatic N) is 3. The molecule has 0 aliphatic carbocycles. The van der Waals surface area contributed by atoms with Gasteiger partial charge in [-0.15, -0.1) is 0 Å². The summed E-state index contributed by atoms with van der Waals surface area (Å²) in [5.41, 5.74) is 4.74. The lowest BCUT2D eigenvalue weighted by molar-refractivity contribution is 1.28. The Balaban J connectivity index is 1.48. The average molecular weight is 484 g/mol. The van der Waals surface area contributed by atoms with Crippen LogP contribution in [0.2, 0.25) is 0 Å². The van der Waals surface area contributed by atoms with Crippen LogP contribution in [0.4, 0.5) is 0 Å². The predicted molar refractivity (Wildman–Crippen MR) is 158 cm³/mol. The molecule has 3 aromatic heterocycles. The van der Waals surface area contributed by atoms with Crippen molar-refractivity contribution in [3.8, 4) is 22.6 Å². The molecular weight excluding hydrogens is 462 g/mol. The molecule has 0 bridgehead atoms. The van der Waals surface area contributed by atoms with E-state index in [0.717, 1.165) is 60.5 Å². The van der Waals surface area contributed by atoms with E-state index < -0.39 is 0 Å². The number of para-hydroxylation sites is 1. The van der Waals surface area contributed by atoms with Crippen LogP contribution in [0, 0.1) is 0 Å². The highest BCUT2D eigenvalue weighted by Gasteiger charge is 2.18.